The lowest BCUT2D eigenvalue weighted by Gasteiger charge is -2.25. The first kappa shape index (κ1) is 14.3. The summed E-state index contributed by atoms with van der Waals surface area (Å²) >= 11 is 0. The van der Waals surface area contributed by atoms with Gasteiger partial charge in [0.15, 0.2) is 0 Å². The summed E-state index contributed by atoms with van der Waals surface area (Å²) in [7, 11) is 0. The molecule has 0 bridgehead atoms. The van der Waals surface area contributed by atoms with E-state index in [9.17, 15) is 0 Å². The van der Waals surface area contributed by atoms with Crippen molar-refractivity contribution in [2.45, 2.75) is 33.2 Å². The van der Waals surface area contributed by atoms with Crippen LogP contribution in [0, 0.1) is 5.92 Å². The van der Waals surface area contributed by atoms with Gasteiger partial charge in [-0.05, 0) is 44.4 Å². The fourth-order valence-corrected chi connectivity index (χ4v) is 2.79. The van der Waals surface area contributed by atoms with Gasteiger partial charge < -0.3 is 10.2 Å². The summed E-state index contributed by atoms with van der Waals surface area (Å²) < 4.78 is 0. The molecular weight excluding hydrogens is 258 g/mol. The Bertz CT molecular complexity index is 604. The van der Waals surface area contributed by atoms with Gasteiger partial charge in [0.2, 0.25) is 0 Å². The molecule has 1 aromatic heterocycles. The van der Waals surface area contributed by atoms with E-state index in [1.165, 1.54) is 29.6 Å². The Hall–Kier alpha value is -1.61. The Labute approximate surface area is 127 Å². The Morgan fingerprint density at radius 3 is 2.76 bits per heavy atom. The van der Waals surface area contributed by atoms with E-state index >= 15 is 0 Å². The van der Waals surface area contributed by atoms with Crippen molar-refractivity contribution in [1.29, 1.82) is 0 Å². The lowest BCUT2D eigenvalue weighted by atomic mass is 10.1. The third kappa shape index (κ3) is 3.35. The Balaban J connectivity index is 1.98. The monoisotopic (exact) mass is 283 g/mol. The van der Waals surface area contributed by atoms with Gasteiger partial charge in [0, 0.05) is 30.6 Å². The van der Waals surface area contributed by atoms with Gasteiger partial charge in [-0.1, -0.05) is 25.1 Å². The van der Waals surface area contributed by atoms with Crippen molar-refractivity contribution in [3.63, 3.8) is 0 Å². The minimum Gasteiger partial charge on any atom is -0.356 e. The summed E-state index contributed by atoms with van der Waals surface area (Å²) in [6, 6.07) is 10.7. The average molecular weight is 283 g/mol. The maximum absolute atomic E-state index is 4.97. The zero-order valence-electron chi connectivity index (χ0n) is 13.1. The molecule has 1 aromatic carbocycles. The summed E-state index contributed by atoms with van der Waals surface area (Å²) in [5, 5.41) is 4.68. The number of anilines is 1. The van der Waals surface area contributed by atoms with Crippen LogP contribution < -0.4 is 10.2 Å². The van der Waals surface area contributed by atoms with E-state index in [1.54, 1.807) is 0 Å². The third-order valence-corrected chi connectivity index (χ3v) is 4.20. The summed E-state index contributed by atoms with van der Waals surface area (Å²) in [5.74, 6) is 2.05. The largest absolute Gasteiger partial charge is 0.356 e. The maximum Gasteiger partial charge on any atom is 0.133 e. The van der Waals surface area contributed by atoms with Crippen LogP contribution in [-0.2, 0) is 6.54 Å². The smallest absolute Gasteiger partial charge is 0.133 e. The Morgan fingerprint density at radius 2 is 2.05 bits per heavy atom. The van der Waals surface area contributed by atoms with E-state index in [2.05, 4.69) is 54.4 Å². The number of aromatic nitrogens is 1. The van der Waals surface area contributed by atoms with Gasteiger partial charge >= 0.3 is 0 Å². The standard InChI is InChI=1S/C18H25N3/c1-3-19-12-16-11-15-7-5-6-8-17(15)20-18(16)21(4-2)13-14-9-10-14/h5-8,11,14,19H,3-4,9-10,12-13H2,1-2H3. The quantitative estimate of drug-likeness (QED) is 0.842. The van der Waals surface area contributed by atoms with Crippen molar-refractivity contribution < 1.29 is 0 Å². The minimum absolute atomic E-state index is 0.880. The predicted octanol–water partition coefficient (Wildman–Crippen LogP) is 3.58. The number of hydrogen-bond donors (Lipinski definition) is 1. The molecule has 3 heteroatoms. The molecule has 0 unspecified atom stereocenters. The van der Waals surface area contributed by atoms with E-state index in [1.807, 2.05) is 0 Å². The number of rotatable bonds is 7. The summed E-state index contributed by atoms with van der Waals surface area (Å²) in [4.78, 5) is 7.42. The van der Waals surface area contributed by atoms with E-state index in [0.717, 1.165) is 37.6 Å². The van der Waals surface area contributed by atoms with Gasteiger partial charge in [-0.15, -0.1) is 0 Å². The third-order valence-electron chi connectivity index (χ3n) is 4.20. The van der Waals surface area contributed by atoms with Gasteiger partial charge in [-0.25, -0.2) is 4.98 Å². The molecule has 21 heavy (non-hydrogen) atoms. The van der Waals surface area contributed by atoms with Crippen LogP contribution in [0.5, 0.6) is 0 Å². The first-order valence-corrected chi connectivity index (χ1v) is 8.16. The fourth-order valence-electron chi connectivity index (χ4n) is 2.79. The van der Waals surface area contributed by atoms with Crippen LogP contribution in [0.25, 0.3) is 10.9 Å². The molecule has 0 saturated heterocycles. The Morgan fingerprint density at radius 1 is 1.24 bits per heavy atom. The van der Waals surface area contributed by atoms with Crippen LogP contribution in [0.1, 0.15) is 32.3 Å². The SMILES string of the molecule is CCNCc1cc2ccccc2nc1N(CC)CC1CC1. The fraction of sp³-hybridized carbons (Fsp3) is 0.500. The summed E-state index contributed by atoms with van der Waals surface area (Å²) in [6.07, 6.45) is 2.76. The lowest BCUT2D eigenvalue weighted by Crippen LogP contribution is -2.28. The number of benzene rings is 1. The second-order valence-electron chi connectivity index (χ2n) is 5.93. The molecule has 112 valence electrons. The van der Waals surface area contributed by atoms with Crippen molar-refractivity contribution in [3.05, 3.63) is 35.9 Å². The summed E-state index contributed by atoms with van der Waals surface area (Å²) in [5.41, 5.74) is 2.42. The molecular formula is C18H25N3. The first-order valence-electron chi connectivity index (χ1n) is 8.16. The number of fused-ring (bicyclic) bond motifs is 1. The molecule has 3 nitrogen and oxygen atoms in total. The van der Waals surface area contributed by atoms with E-state index < -0.39 is 0 Å². The molecule has 0 amide bonds. The molecule has 1 heterocycles. The highest BCUT2D eigenvalue weighted by molar-refractivity contribution is 5.81. The molecule has 1 N–H and O–H groups in total. The normalized spacial score (nSPS) is 14.6. The second kappa shape index (κ2) is 6.44. The number of nitrogens with one attached hydrogen (secondary N) is 1. The van der Waals surface area contributed by atoms with Crippen molar-refractivity contribution >= 4 is 16.7 Å². The van der Waals surface area contributed by atoms with Gasteiger partial charge in [0.25, 0.3) is 0 Å². The van der Waals surface area contributed by atoms with Crippen LogP contribution >= 0.6 is 0 Å². The molecule has 0 radical (unpaired) electrons. The minimum atomic E-state index is 0.880. The van der Waals surface area contributed by atoms with Crippen LogP contribution in [0.4, 0.5) is 5.82 Å². The second-order valence-corrected chi connectivity index (χ2v) is 5.93. The van der Waals surface area contributed by atoms with Crippen LogP contribution in [0.3, 0.4) is 0 Å². The predicted molar refractivity (Wildman–Crippen MR) is 89.7 cm³/mol. The van der Waals surface area contributed by atoms with Crippen LogP contribution in [0.2, 0.25) is 0 Å². The molecule has 0 aliphatic heterocycles. The summed E-state index contributed by atoms with van der Waals surface area (Å²) in [6.45, 7) is 8.44. The van der Waals surface area contributed by atoms with Gasteiger partial charge in [0.05, 0.1) is 5.52 Å². The van der Waals surface area contributed by atoms with Crippen molar-refractivity contribution in [2.24, 2.45) is 5.92 Å². The highest BCUT2D eigenvalue weighted by Gasteiger charge is 2.25. The van der Waals surface area contributed by atoms with Gasteiger partial charge in [-0.3, -0.25) is 0 Å². The topological polar surface area (TPSA) is 28.2 Å². The molecule has 2 aromatic rings. The molecule has 0 spiro atoms. The first-order chi connectivity index (χ1) is 10.3. The zero-order chi connectivity index (χ0) is 14.7. The van der Waals surface area contributed by atoms with E-state index in [-0.39, 0.29) is 0 Å². The highest BCUT2D eigenvalue weighted by atomic mass is 15.2. The van der Waals surface area contributed by atoms with Crippen LogP contribution in [-0.4, -0.2) is 24.6 Å². The molecule has 0 atom stereocenters. The molecule has 1 fully saturated rings. The molecule has 1 aliphatic carbocycles. The van der Waals surface area contributed by atoms with Gasteiger partial charge in [-0.2, -0.15) is 0 Å². The highest BCUT2D eigenvalue weighted by Crippen LogP contribution is 2.32. The van der Waals surface area contributed by atoms with E-state index in [4.69, 9.17) is 4.98 Å². The maximum atomic E-state index is 4.97. The van der Waals surface area contributed by atoms with Gasteiger partial charge in [0.1, 0.15) is 5.82 Å². The lowest BCUT2D eigenvalue weighted by molar-refractivity contribution is 0.699. The molecule has 3 rings (SSSR count). The molecule has 1 saturated carbocycles. The molecule has 1 aliphatic rings. The number of para-hydroxylation sites is 1. The van der Waals surface area contributed by atoms with Crippen molar-refractivity contribution in [2.75, 3.05) is 24.5 Å². The Kier molecular flexibility index (Phi) is 4.39. The number of hydrogen-bond acceptors (Lipinski definition) is 3. The van der Waals surface area contributed by atoms with Crippen molar-refractivity contribution in [1.82, 2.24) is 10.3 Å². The van der Waals surface area contributed by atoms with Crippen molar-refractivity contribution in [3.8, 4) is 0 Å². The zero-order valence-corrected chi connectivity index (χ0v) is 13.1. The van der Waals surface area contributed by atoms with E-state index in [0.29, 0.717) is 0 Å². The number of pyridine rings is 1. The number of nitrogens with zero attached hydrogens (tertiary/aromatic N) is 2. The average Bonchev–Trinajstić information content (AvgIpc) is 3.34. The van der Waals surface area contributed by atoms with Crippen LogP contribution in [0.15, 0.2) is 30.3 Å².